The minimum Gasteiger partial charge on any atom is -0.368 e. The Balaban J connectivity index is 2.51. The van der Waals surface area contributed by atoms with Crippen molar-refractivity contribution in [3.05, 3.63) is 34.3 Å². The van der Waals surface area contributed by atoms with Gasteiger partial charge < -0.3 is 10.3 Å². The summed E-state index contributed by atoms with van der Waals surface area (Å²) in [5, 5.41) is 3.56. The number of anilines is 1. The number of alkyl halides is 3. The van der Waals surface area contributed by atoms with Crippen LogP contribution < -0.4 is 5.73 Å². The van der Waals surface area contributed by atoms with Crippen LogP contribution in [0.5, 0.6) is 0 Å². The molecule has 0 spiro atoms. The van der Waals surface area contributed by atoms with Crippen molar-refractivity contribution in [1.29, 1.82) is 0 Å². The summed E-state index contributed by atoms with van der Waals surface area (Å²) in [6.45, 7) is 0. The predicted molar refractivity (Wildman–Crippen MR) is 59.1 cm³/mol. The van der Waals surface area contributed by atoms with Gasteiger partial charge in [0.25, 0.3) is 0 Å². The molecule has 0 saturated carbocycles. The average molecular weight is 307 g/mol. The largest absolute Gasteiger partial charge is 0.417 e. The number of hydrogen-bond acceptors (Lipinski definition) is 3. The summed E-state index contributed by atoms with van der Waals surface area (Å²) in [5.41, 5.74) is 5.10. The number of rotatable bonds is 1. The molecular weight excluding hydrogens is 301 g/mol. The summed E-state index contributed by atoms with van der Waals surface area (Å²) in [6, 6.07) is 5.16. The fourth-order valence-electron chi connectivity index (χ4n) is 1.33. The van der Waals surface area contributed by atoms with Crippen LogP contribution in [0, 0.1) is 0 Å². The number of nitrogens with two attached hydrogens (primary N) is 1. The molecule has 2 rings (SSSR count). The Kier molecular flexibility index (Phi) is 2.86. The van der Waals surface area contributed by atoms with E-state index in [4.69, 9.17) is 5.73 Å². The molecule has 0 aliphatic carbocycles. The van der Waals surface area contributed by atoms with Gasteiger partial charge in [-0.3, -0.25) is 0 Å². The second kappa shape index (κ2) is 4.06. The first-order valence-electron chi connectivity index (χ1n) is 4.47. The summed E-state index contributed by atoms with van der Waals surface area (Å²) < 4.78 is 42.5. The first kappa shape index (κ1) is 12.0. The molecule has 0 aliphatic rings. The number of halogens is 4. The number of aromatic nitrogens is 1. The first-order chi connectivity index (χ1) is 7.88. The van der Waals surface area contributed by atoms with Crippen molar-refractivity contribution in [2.75, 3.05) is 5.73 Å². The molecule has 0 amide bonds. The molecule has 1 aromatic heterocycles. The van der Waals surface area contributed by atoms with Gasteiger partial charge in [-0.1, -0.05) is 27.2 Å². The Morgan fingerprint density at radius 1 is 1.24 bits per heavy atom. The van der Waals surface area contributed by atoms with E-state index in [0.717, 1.165) is 6.07 Å². The van der Waals surface area contributed by atoms with E-state index in [1.807, 2.05) is 0 Å². The van der Waals surface area contributed by atoms with E-state index in [0.29, 0.717) is 5.56 Å². The molecule has 0 atom stereocenters. The van der Waals surface area contributed by atoms with Gasteiger partial charge in [0.15, 0.2) is 0 Å². The van der Waals surface area contributed by atoms with E-state index >= 15 is 0 Å². The van der Waals surface area contributed by atoms with Crippen molar-refractivity contribution in [2.24, 2.45) is 0 Å². The highest BCUT2D eigenvalue weighted by atomic mass is 79.9. The number of hydrogen-bond donors (Lipinski definition) is 1. The van der Waals surface area contributed by atoms with Crippen molar-refractivity contribution in [3.8, 4) is 11.3 Å². The third-order valence-corrected chi connectivity index (χ3v) is 2.79. The maximum absolute atomic E-state index is 12.7. The third kappa shape index (κ3) is 2.44. The Morgan fingerprint density at radius 2 is 1.94 bits per heavy atom. The molecule has 0 unspecified atom stereocenters. The van der Waals surface area contributed by atoms with Crippen LogP contribution >= 0.6 is 15.9 Å². The smallest absolute Gasteiger partial charge is 0.368 e. The Morgan fingerprint density at radius 3 is 2.47 bits per heavy atom. The van der Waals surface area contributed by atoms with Gasteiger partial charge in [-0.25, -0.2) is 0 Å². The highest BCUT2D eigenvalue weighted by Crippen LogP contribution is 2.37. The molecule has 90 valence electrons. The average Bonchev–Trinajstić information content (AvgIpc) is 2.64. The zero-order chi connectivity index (χ0) is 12.6. The lowest BCUT2D eigenvalue weighted by Gasteiger charge is -2.09. The highest BCUT2D eigenvalue weighted by molar-refractivity contribution is 9.10. The van der Waals surface area contributed by atoms with Crippen LogP contribution in [0.15, 0.2) is 33.3 Å². The molecule has 0 fully saturated rings. The minimum atomic E-state index is -4.43. The van der Waals surface area contributed by atoms with E-state index in [-0.39, 0.29) is 16.1 Å². The molecule has 1 heterocycles. The zero-order valence-electron chi connectivity index (χ0n) is 8.25. The SMILES string of the molecule is Nc1cc(-c2ccc(Br)c(C(F)(F)F)c2)no1. The molecule has 17 heavy (non-hydrogen) atoms. The van der Waals surface area contributed by atoms with Crippen molar-refractivity contribution in [2.45, 2.75) is 6.18 Å². The van der Waals surface area contributed by atoms with E-state index in [1.165, 1.54) is 18.2 Å². The van der Waals surface area contributed by atoms with Gasteiger partial charge in [0.05, 0.1) is 5.56 Å². The Bertz CT molecular complexity index is 551. The van der Waals surface area contributed by atoms with E-state index < -0.39 is 11.7 Å². The van der Waals surface area contributed by atoms with Crippen molar-refractivity contribution < 1.29 is 17.7 Å². The van der Waals surface area contributed by atoms with Gasteiger partial charge in [-0.05, 0) is 12.1 Å². The quantitative estimate of drug-likeness (QED) is 0.874. The Hall–Kier alpha value is -1.50. The second-order valence-electron chi connectivity index (χ2n) is 3.31. The van der Waals surface area contributed by atoms with Gasteiger partial charge in [0.1, 0.15) is 5.69 Å². The lowest BCUT2D eigenvalue weighted by atomic mass is 10.1. The van der Waals surface area contributed by atoms with Gasteiger partial charge in [0.2, 0.25) is 5.88 Å². The molecule has 1 aromatic carbocycles. The van der Waals surface area contributed by atoms with E-state index in [9.17, 15) is 13.2 Å². The number of nitrogen functional groups attached to an aromatic ring is 1. The van der Waals surface area contributed by atoms with Gasteiger partial charge >= 0.3 is 6.18 Å². The highest BCUT2D eigenvalue weighted by Gasteiger charge is 2.33. The molecule has 2 N–H and O–H groups in total. The van der Waals surface area contributed by atoms with Crippen LogP contribution in [-0.2, 0) is 6.18 Å². The van der Waals surface area contributed by atoms with Crippen molar-refractivity contribution in [3.63, 3.8) is 0 Å². The van der Waals surface area contributed by atoms with Gasteiger partial charge in [-0.15, -0.1) is 0 Å². The summed E-state index contributed by atoms with van der Waals surface area (Å²) in [6.07, 6.45) is -4.43. The first-order valence-corrected chi connectivity index (χ1v) is 5.26. The van der Waals surface area contributed by atoms with Gasteiger partial charge in [-0.2, -0.15) is 13.2 Å². The molecule has 0 saturated heterocycles. The molecule has 0 aliphatic heterocycles. The van der Waals surface area contributed by atoms with Crippen LogP contribution in [0.25, 0.3) is 11.3 Å². The fraction of sp³-hybridized carbons (Fsp3) is 0.100. The molecular formula is C10H6BrF3N2O. The minimum absolute atomic E-state index is 0.0229. The fourth-order valence-corrected chi connectivity index (χ4v) is 1.80. The Labute approximate surface area is 103 Å². The molecule has 2 aromatic rings. The number of benzene rings is 1. The van der Waals surface area contributed by atoms with Crippen LogP contribution in [0.4, 0.5) is 19.1 Å². The lowest BCUT2D eigenvalue weighted by molar-refractivity contribution is -0.138. The molecule has 7 heteroatoms. The van der Waals surface area contributed by atoms with Crippen molar-refractivity contribution in [1.82, 2.24) is 5.16 Å². The monoisotopic (exact) mass is 306 g/mol. The van der Waals surface area contributed by atoms with E-state index in [1.54, 1.807) is 0 Å². The number of nitrogens with zero attached hydrogens (tertiary/aromatic N) is 1. The zero-order valence-corrected chi connectivity index (χ0v) is 9.84. The summed E-state index contributed by atoms with van der Waals surface area (Å²) in [7, 11) is 0. The normalized spacial score (nSPS) is 11.8. The maximum atomic E-state index is 12.7. The maximum Gasteiger partial charge on any atom is 0.417 e. The third-order valence-electron chi connectivity index (χ3n) is 2.10. The lowest BCUT2D eigenvalue weighted by Crippen LogP contribution is -2.06. The second-order valence-corrected chi connectivity index (χ2v) is 4.16. The van der Waals surface area contributed by atoms with Crippen molar-refractivity contribution >= 4 is 21.8 Å². The van der Waals surface area contributed by atoms with Crippen LogP contribution in [0.2, 0.25) is 0 Å². The summed E-state index contributed by atoms with van der Waals surface area (Å²) >= 11 is 2.86. The van der Waals surface area contributed by atoms with Gasteiger partial charge in [0, 0.05) is 16.1 Å². The standard InChI is InChI=1S/C10H6BrF3N2O/c11-7-2-1-5(3-6(7)10(12,13)14)8-4-9(15)17-16-8/h1-4H,15H2. The van der Waals surface area contributed by atoms with Crippen LogP contribution in [0.3, 0.4) is 0 Å². The van der Waals surface area contributed by atoms with E-state index in [2.05, 4.69) is 25.6 Å². The molecule has 3 nitrogen and oxygen atoms in total. The molecule has 0 bridgehead atoms. The van der Waals surface area contributed by atoms with Crippen LogP contribution in [-0.4, -0.2) is 5.16 Å². The predicted octanol–water partition coefficient (Wildman–Crippen LogP) is 3.71. The molecule has 0 radical (unpaired) electrons. The topological polar surface area (TPSA) is 52.0 Å². The summed E-state index contributed by atoms with van der Waals surface area (Å²) in [4.78, 5) is 0. The summed E-state index contributed by atoms with van der Waals surface area (Å²) in [5.74, 6) is 0.0523. The van der Waals surface area contributed by atoms with Crippen LogP contribution in [0.1, 0.15) is 5.56 Å².